The normalized spacial score (nSPS) is 14.0. The summed E-state index contributed by atoms with van der Waals surface area (Å²) in [4.78, 5) is 26.0. The van der Waals surface area contributed by atoms with Gasteiger partial charge in [0.15, 0.2) is 0 Å². The van der Waals surface area contributed by atoms with Gasteiger partial charge in [0, 0.05) is 6.42 Å². The number of unbranched alkanes of at least 4 members (excludes halogenated alkanes) is 20. The second-order valence-corrected chi connectivity index (χ2v) is 15.5. The van der Waals surface area contributed by atoms with Crippen LogP contribution in [-0.2, 0) is 14.3 Å². The number of hydrogen-bond donors (Lipinski definition) is 3. The summed E-state index contributed by atoms with van der Waals surface area (Å²) in [6, 6.07) is -0.714. The summed E-state index contributed by atoms with van der Waals surface area (Å²) in [5.41, 5.74) is 0. The molecule has 0 aliphatic heterocycles. The molecule has 0 saturated carbocycles. The molecule has 3 unspecified atom stereocenters. The first-order valence-corrected chi connectivity index (χ1v) is 23.2. The molecule has 6 nitrogen and oxygen atoms in total. The Bertz CT molecular complexity index is 1060. The number of carbonyl (C=O) groups excluding carboxylic acids is 2. The SMILES string of the molecule is CC/C=C/C=C/C=C\CCCCCCCC(=O)OC(CCCCCCC/C=C/C=C/C=C/CC)CC(=O)NC(CO)C(O)CCCCCCCCCCCCC. The fourth-order valence-electron chi connectivity index (χ4n) is 6.66. The first-order chi connectivity index (χ1) is 27.5. The van der Waals surface area contributed by atoms with Gasteiger partial charge in [-0.1, -0.05) is 203 Å². The zero-order valence-corrected chi connectivity index (χ0v) is 36.5. The highest BCUT2D eigenvalue weighted by atomic mass is 16.5. The van der Waals surface area contributed by atoms with Gasteiger partial charge in [0.1, 0.15) is 6.10 Å². The number of aliphatic hydroxyl groups is 2. The smallest absolute Gasteiger partial charge is 0.306 e. The molecule has 1 amide bonds. The fraction of sp³-hybridized carbons (Fsp3) is 0.720. The first kappa shape index (κ1) is 53.3. The van der Waals surface area contributed by atoms with Crippen molar-refractivity contribution in [3.05, 3.63) is 72.9 Å². The topological polar surface area (TPSA) is 95.9 Å². The van der Waals surface area contributed by atoms with Gasteiger partial charge < -0.3 is 20.3 Å². The van der Waals surface area contributed by atoms with Crippen molar-refractivity contribution < 1.29 is 24.5 Å². The molecule has 0 aliphatic rings. The van der Waals surface area contributed by atoms with E-state index < -0.39 is 18.2 Å². The number of rotatable bonds is 40. The average Bonchev–Trinajstić information content (AvgIpc) is 3.19. The van der Waals surface area contributed by atoms with Crippen LogP contribution in [0.1, 0.15) is 207 Å². The molecule has 0 aromatic carbocycles. The lowest BCUT2D eigenvalue weighted by Crippen LogP contribution is -2.46. The van der Waals surface area contributed by atoms with E-state index in [1.165, 1.54) is 51.4 Å². The Balaban J connectivity index is 4.68. The van der Waals surface area contributed by atoms with Crippen LogP contribution in [0.5, 0.6) is 0 Å². The maximum Gasteiger partial charge on any atom is 0.306 e. The van der Waals surface area contributed by atoms with Crippen LogP contribution < -0.4 is 5.32 Å². The van der Waals surface area contributed by atoms with Crippen molar-refractivity contribution >= 4 is 11.9 Å². The standard InChI is InChI=1S/C50H87NO5/c1-4-7-10-13-16-19-22-24-27-29-32-35-38-41-46(56-50(55)43-40-37-34-31-28-25-23-20-17-14-11-8-5-2)44-49(54)51-47(45-52)48(53)42-39-36-33-30-26-21-18-15-12-9-6-3/h7-8,10-11,13-14,16-17,19-20,22-23,46-48,52-53H,4-6,9,12,15,18,21,24-45H2,1-3H3,(H,51,54)/b10-7+,11-8+,16-13+,17-14+,22-19+,23-20-. The van der Waals surface area contributed by atoms with Crippen molar-refractivity contribution in [1.29, 1.82) is 0 Å². The summed E-state index contributed by atoms with van der Waals surface area (Å²) in [7, 11) is 0. The molecule has 3 N–H and O–H groups in total. The molecule has 0 spiro atoms. The second kappa shape index (κ2) is 43.4. The van der Waals surface area contributed by atoms with E-state index in [1.54, 1.807) is 0 Å². The van der Waals surface area contributed by atoms with E-state index in [9.17, 15) is 19.8 Å². The van der Waals surface area contributed by atoms with Gasteiger partial charge in [-0.3, -0.25) is 9.59 Å². The maximum absolute atomic E-state index is 13.1. The summed E-state index contributed by atoms with van der Waals surface area (Å²) in [6.45, 7) is 6.19. The van der Waals surface area contributed by atoms with E-state index in [2.05, 4.69) is 99.0 Å². The van der Waals surface area contributed by atoms with Gasteiger partial charge in [-0.05, 0) is 64.2 Å². The Labute approximate surface area is 345 Å². The molecule has 0 saturated heterocycles. The Kier molecular flexibility index (Phi) is 41.3. The summed E-state index contributed by atoms with van der Waals surface area (Å²) in [6.07, 6.45) is 53.8. The fourth-order valence-corrected chi connectivity index (χ4v) is 6.66. The zero-order chi connectivity index (χ0) is 41.0. The Morgan fingerprint density at radius 2 is 0.964 bits per heavy atom. The minimum atomic E-state index is -0.798. The van der Waals surface area contributed by atoms with Crippen molar-refractivity contribution in [3.63, 3.8) is 0 Å². The van der Waals surface area contributed by atoms with Crippen molar-refractivity contribution in [1.82, 2.24) is 5.32 Å². The predicted molar refractivity (Wildman–Crippen MR) is 241 cm³/mol. The van der Waals surface area contributed by atoms with E-state index in [-0.39, 0.29) is 24.9 Å². The van der Waals surface area contributed by atoms with Crippen molar-refractivity contribution in [2.75, 3.05) is 6.61 Å². The number of nitrogens with one attached hydrogen (secondary N) is 1. The highest BCUT2D eigenvalue weighted by Crippen LogP contribution is 2.17. The van der Waals surface area contributed by atoms with Crippen molar-refractivity contribution in [2.45, 2.75) is 225 Å². The van der Waals surface area contributed by atoms with Gasteiger partial charge >= 0.3 is 5.97 Å². The maximum atomic E-state index is 13.1. The molecular formula is C50H87NO5. The minimum absolute atomic E-state index is 0.0523. The molecule has 3 atom stereocenters. The van der Waals surface area contributed by atoms with Gasteiger partial charge in [0.25, 0.3) is 0 Å². The Morgan fingerprint density at radius 3 is 1.45 bits per heavy atom. The minimum Gasteiger partial charge on any atom is -0.462 e. The van der Waals surface area contributed by atoms with E-state index >= 15 is 0 Å². The number of ether oxygens (including phenoxy) is 1. The number of esters is 1. The zero-order valence-electron chi connectivity index (χ0n) is 36.5. The van der Waals surface area contributed by atoms with E-state index in [0.717, 1.165) is 109 Å². The van der Waals surface area contributed by atoms with E-state index in [0.29, 0.717) is 19.3 Å². The number of carbonyl (C=O) groups is 2. The van der Waals surface area contributed by atoms with Crippen LogP contribution in [0.3, 0.4) is 0 Å². The highest BCUT2D eigenvalue weighted by Gasteiger charge is 2.24. The number of aliphatic hydroxyl groups excluding tert-OH is 2. The summed E-state index contributed by atoms with van der Waals surface area (Å²) in [5.74, 6) is -0.524. The van der Waals surface area contributed by atoms with Crippen LogP contribution in [0.25, 0.3) is 0 Å². The highest BCUT2D eigenvalue weighted by molar-refractivity contribution is 5.77. The van der Waals surface area contributed by atoms with E-state index in [4.69, 9.17) is 4.74 Å². The third kappa shape index (κ3) is 38.2. The molecule has 6 heteroatoms. The lowest BCUT2D eigenvalue weighted by molar-refractivity contribution is -0.151. The number of hydrogen-bond acceptors (Lipinski definition) is 5. The van der Waals surface area contributed by atoms with Gasteiger partial charge in [0.05, 0.1) is 25.2 Å². The van der Waals surface area contributed by atoms with Crippen LogP contribution in [0.2, 0.25) is 0 Å². The van der Waals surface area contributed by atoms with Crippen LogP contribution in [0.15, 0.2) is 72.9 Å². The predicted octanol–water partition coefficient (Wildman–Crippen LogP) is 13.4. The molecular weight excluding hydrogens is 695 g/mol. The molecule has 0 aromatic heterocycles. The molecule has 0 fully saturated rings. The number of allylic oxidation sites excluding steroid dienone is 12. The lowest BCUT2D eigenvalue weighted by Gasteiger charge is -2.24. The molecule has 0 heterocycles. The number of amides is 1. The molecule has 0 aliphatic carbocycles. The Hall–Kier alpha value is -2.70. The third-order valence-electron chi connectivity index (χ3n) is 10.2. The largest absolute Gasteiger partial charge is 0.462 e. The van der Waals surface area contributed by atoms with Gasteiger partial charge in [-0.25, -0.2) is 0 Å². The lowest BCUT2D eigenvalue weighted by atomic mass is 10.0. The van der Waals surface area contributed by atoms with Gasteiger partial charge in [-0.15, -0.1) is 0 Å². The van der Waals surface area contributed by atoms with Gasteiger partial charge in [-0.2, -0.15) is 0 Å². The molecule has 0 aromatic rings. The molecule has 56 heavy (non-hydrogen) atoms. The molecule has 0 rings (SSSR count). The first-order valence-electron chi connectivity index (χ1n) is 23.2. The van der Waals surface area contributed by atoms with Crippen LogP contribution in [-0.4, -0.2) is 46.9 Å². The molecule has 0 radical (unpaired) electrons. The second-order valence-electron chi connectivity index (χ2n) is 15.5. The Morgan fingerprint density at radius 1 is 0.536 bits per heavy atom. The van der Waals surface area contributed by atoms with Crippen LogP contribution in [0.4, 0.5) is 0 Å². The third-order valence-corrected chi connectivity index (χ3v) is 10.2. The summed E-state index contributed by atoms with van der Waals surface area (Å²) in [5, 5.41) is 23.6. The monoisotopic (exact) mass is 782 g/mol. The quantitative estimate of drug-likeness (QED) is 0.0327. The van der Waals surface area contributed by atoms with Crippen LogP contribution >= 0.6 is 0 Å². The van der Waals surface area contributed by atoms with Crippen molar-refractivity contribution in [2.24, 2.45) is 0 Å². The summed E-state index contributed by atoms with van der Waals surface area (Å²) < 4.78 is 5.89. The summed E-state index contributed by atoms with van der Waals surface area (Å²) >= 11 is 0. The van der Waals surface area contributed by atoms with Crippen LogP contribution in [0, 0.1) is 0 Å². The average molecular weight is 782 g/mol. The molecule has 322 valence electrons. The van der Waals surface area contributed by atoms with E-state index in [1.807, 2.05) is 0 Å². The van der Waals surface area contributed by atoms with Crippen molar-refractivity contribution in [3.8, 4) is 0 Å². The van der Waals surface area contributed by atoms with Gasteiger partial charge in [0.2, 0.25) is 5.91 Å². The molecule has 0 bridgehead atoms.